The van der Waals surface area contributed by atoms with Crippen molar-refractivity contribution in [3.8, 4) is 0 Å². The number of aryl methyl sites for hydroxylation is 1. The van der Waals surface area contributed by atoms with E-state index in [2.05, 4.69) is 10.4 Å². The molecule has 1 heterocycles. The molecule has 2 N–H and O–H groups in total. The number of nitrogens with one attached hydrogen (secondary N) is 1. The van der Waals surface area contributed by atoms with Crippen LogP contribution in [0.3, 0.4) is 0 Å². The monoisotopic (exact) mass is 421 g/mol. The van der Waals surface area contributed by atoms with Crippen molar-refractivity contribution < 1.29 is 14.7 Å². The van der Waals surface area contributed by atoms with E-state index in [1.807, 2.05) is 6.26 Å². The maximum absolute atomic E-state index is 13.0. The van der Waals surface area contributed by atoms with Gasteiger partial charge in [0.2, 0.25) is 0 Å². The van der Waals surface area contributed by atoms with Crippen LogP contribution in [-0.2, 0) is 11.3 Å². The van der Waals surface area contributed by atoms with Crippen LogP contribution in [0.1, 0.15) is 74.7 Å². The number of hydrogen-bond acceptors (Lipinski definition) is 4. The number of carbonyl (C=O) groups is 2. The van der Waals surface area contributed by atoms with Crippen LogP contribution in [-0.4, -0.2) is 44.8 Å². The smallest absolute Gasteiger partial charge is 0.326 e. The summed E-state index contributed by atoms with van der Waals surface area (Å²) in [6.45, 7) is 0.642. The maximum Gasteiger partial charge on any atom is 0.326 e. The van der Waals surface area contributed by atoms with Crippen molar-refractivity contribution in [1.29, 1.82) is 0 Å². The van der Waals surface area contributed by atoms with Crippen molar-refractivity contribution in [2.45, 2.75) is 76.8 Å². The minimum absolute atomic E-state index is 0.0274. The van der Waals surface area contributed by atoms with Gasteiger partial charge in [-0.15, -0.1) is 0 Å². The van der Waals surface area contributed by atoms with Gasteiger partial charge in [0, 0.05) is 11.9 Å². The lowest BCUT2D eigenvalue weighted by atomic mass is 9.66. The molecular weight excluding hydrogens is 386 g/mol. The van der Waals surface area contributed by atoms with Crippen molar-refractivity contribution in [3.05, 3.63) is 18.0 Å². The van der Waals surface area contributed by atoms with E-state index < -0.39 is 12.0 Å². The number of amides is 1. The molecule has 1 atom stereocenters. The predicted molar refractivity (Wildman–Crippen MR) is 116 cm³/mol. The van der Waals surface area contributed by atoms with E-state index in [-0.39, 0.29) is 11.8 Å². The number of carboxylic acids is 1. The van der Waals surface area contributed by atoms with Gasteiger partial charge in [-0.2, -0.15) is 16.9 Å². The Morgan fingerprint density at radius 3 is 2.24 bits per heavy atom. The standard InChI is InChI=1S/C22H35N3O3S/c1-29-15-14-25-18(12-13-23-25)21(26)24-20(22(27)28)19(16-8-4-2-5-9-16)17-10-6-3-7-11-17/h12-13,16-17,19-20H,2-11,14-15H2,1H3,(H,24,26)(H,27,28). The fourth-order valence-electron chi connectivity index (χ4n) is 5.39. The maximum atomic E-state index is 13.0. The highest BCUT2D eigenvalue weighted by molar-refractivity contribution is 7.98. The lowest BCUT2D eigenvalue weighted by Crippen LogP contribution is -2.51. The molecule has 0 spiro atoms. The molecule has 0 radical (unpaired) electrons. The number of carboxylic acid groups (broad SMARTS) is 1. The zero-order chi connectivity index (χ0) is 20.6. The number of aromatic nitrogens is 2. The van der Waals surface area contributed by atoms with E-state index in [1.54, 1.807) is 28.7 Å². The molecule has 3 rings (SSSR count). The van der Waals surface area contributed by atoms with E-state index in [0.717, 1.165) is 31.4 Å². The molecule has 2 aliphatic rings. The van der Waals surface area contributed by atoms with Crippen LogP contribution in [0.25, 0.3) is 0 Å². The number of carbonyl (C=O) groups excluding carboxylic acids is 1. The first-order valence-electron chi connectivity index (χ1n) is 11.2. The van der Waals surface area contributed by atoms with Crippen molar-refractivity contribution in [2.75, 3.05) is 12.0 Å². The first-order valence-corrected chi connectivity index (χ1v) is 12.6. The quantitative estimate of drug-likeness (QED) is 0.624. The highest BCUT2D eigenvalue weighted by Crippen LogP contribution is 2.41. The fraction of sp³-hybridized carbons (Fsp3) is 0.773. The van der Waals surface area contributed by atoms with Crippen LogP contribution in [0.15, 0.2) is 12.3 Å². The molecule has 29 heavy (non-hydrogen) atoms. The molecule has 2 fully saturated rings. The molecule has 6 nitrogen and oxygen atoms in total. The van der Waals surface area contributed by atoms with Gasteiger partial charge in [0.05, 0.1) is 6.54 Å². The summed E-state index contributed by atoms with van der Waals surface area (Å²) >= 11 is 1.69. The third kappa shape index (κ3) is 5.77. The van der Waals surface area contributed by atoms with Crippen LogP contribution in [0.4, 0.5) is 0 Å². The molecule has 162 valence electrons. The molecule has 1 aromatic heterocycles. The Labute approximate surface area is 178 Å². The van der Waals surface area contributed by atoms with E-state index in [9.17, 15) is 14.7 Å². The average molecular weight is 422 g/mol. The highest BCUT2D eigenvalue weighted by Gasteiger charge is 2.41. The summed E-state index contributed by atoms with van der Waals surface area (Å²) in [5.74, 6) is 0.475. The largest absolute Gasteiger partial charge is 0.480 e. The van der Waals surface area contributed by atoms with Crippen LogP contribution < -0.4 is 5.32 Å². The highest BCUT2D eigenvalue weighted by atomic mass is 32.2. The second kappa shape index (κ2) is 11.0. The minimum Gasteiger partial charge on any atom is -0.480 e. The molecule has 7 heteroatoms. The Kier molecular flexibility index (Phi) is 8.45. The molecule has 0 bridgehead atoms. The lowest BCUT2D eigenvalue weighted by molar-refractivity contribution is -0.142. The number of thioether (sulfide) groups is 1. The number of rotatable bonds is 9. The minimum atomic E-state index is -0.894. The van der Waals surface area contributed by atoms with Crippen molar-refractivity contribution in [2.24, 2.45) is 17.8 Å². The van der Waals surface area contributed by atoms with Gasteiger partial charge < -0.3 is 10.4 Å². The van der Waals surface area contributed by atoms with Gasteiger partial charge in [0.1, 0.15) is 11.7 Å². The molecule has 2 saturated carbocycles. The summed E-state index contributed by atoms with van der Waals surface area (Å²) in [5, 5.41) is 17.3. The Morgan fingerprint density at radius 2 is 1.72 bits per heavy atom. The Balaban J connectivity index is 1.80. The summed E-state index contributed by atoms with van der Waals surface area (Å²) in [4.78, 5) is 25.4. The van der Waals surface area contributed by atoms with Crippen LogP contribution >= 0.6 is 11.8 Å². The summed E-state index contributed by atoms with van der Waals surface area (Å²) < 4.78 is 1.68. The Morgan fingerprint density at radius 1 is 1.14 bits per heavy atom. The van der Waals surface area contributed by atoms with Gasteiger partial charge in [0.25, 0.3) is 5.91 Å². The van der Waals surface area contributed by atoms with Gasteiger partial charge in [-0.1, -0.05) is 64.2 Å². The van der Waals surface area contributed by atoms with E-state index in [4.69, 9.17) is 0 Å². The van der Waals surface area contributed by atoms with Gasteiger partial charge >= 0.3 is 5.97 Å². The zero-order valence-electron chi connectivity index (χ0n) is 17.5. The predicted octanol–water partition coefficient (Wildman–Crippen LogP) is 4.21. The normalized spacial score (nSPS) is 19.9. The molecule has 1 unspecified atom stereocenters. The molecular formula is C22H35N3O3S. The summed E-state index contributed by atoms with van der Waals surface area (Å²) in [5.41, 5.74) is 0.455. The van der Waals surface area contributed by atoms with E-state index in [0.29, 0.717) is 24.1 Å². The second-order valence-corrected chi connectivity index (χ2v) is 9.58. The first-order chi connectivity index (χ1) is 14.1. The Hall–Kier alpha value is -1.50. The third-order valence-electron chi connectivity index (χ3n) is 6.78. The van der Waals surface area contributed by atoms with Gasteiger partial charge in [-0.25, -0.2) is 4.79 Å². The first kappa shape index (κ1) is 22.2. The van der Waals surface area contributed by atoms with Crippen molar-refractivity contribution in [1.82, 2.24) is 15.1 Å². The van der Waals surface area contributed by atoms with Crippen molar-refractivity contribution >= 4 is 23.6 Å². The zero-order valence-corrected chi connectivity index (χ0v) is 18.3. The SMILES string of the molecule is CSCCn1nccc1C(=O)NC(C(=O)O)C(C1CCCCC1)C1CCCCC1. The Bertz CT molecular complexity index is 648. The third-order valence-corrected chi connectivity index (χ3v) is 7.37. The molecule has 0 saturated heterocycles. The van der Waals surface area contributed by atoms with Crippen LogP contribution in [0, 0.1) is 17.8 Å². The van der Waals surface area contributed by atoms with Gasteiger partial charge in [-0.05, 0) is 30.1 Å². The van der Waals surface area contributed by atoms with Crippen LogP contribution in [0.5, 0.6) is 0 Å². The molecule has 2 aliphatic carbocycles. The summed E-state index contributed by atoms with van der Waals surface area (Å²) in [6, 6.07) is 0.864. The summed E-state index contributed by atoms with van der Waals surface area (Å²) in [7, 11) is 0. The second-order valence-electron chi connectivity index (χ2n) is 8.60. The van der Waals surface area contributed by atoms with Crippen molar-refractivity contribution in [3.63, 3.8) is 0 Å². The summed E-state index contributed by atoms with van der Waals surface area (Å²) in [6.07, 6.45) is 15.2. The lowest BCUT2D eigenvalue weighted by Gasteiger charge is -2.41. The molecule has 0 aliphatic heterocycles. The van der Waals surface area contributed by atoms with Gasteiger partial charge in [-0.3, -0.25) is 9.48 Å². The van der Waals surface area contributed by atoms with Gasteiger partial charge in [0.15, 0.2) is 0 Å². The van der Waals surface area contributed by atoms with E-state index >= 15 is 0 Å². The number of nitrogens with zero attached hydrogens (tertiary/aromatic N) is 2. The van der Waals surface area contributed by atoms with Crippen LogP contribution in [0.2, 0.25) is 0 Å². The molecule has 0 aromatic carbocycles. The number of aliphatic carboxylic acids is 1. The fourth-order valence-corrected chi connectivity index (χ4v) is 5.74. The topological polar surface area (TPSA) is 84.2 Å². The molecule has 1 aromatic rings. The van der Waals surface area contributed by atoms with E-state index in [1.165, 1.54) is 38.5 Å². The number of hydrogen-bond donors (Lipinski definition) is 2. The average Bonchev–Trinajstić information content (AvgIpc) is 3.22. The molecule has 1 amide bonds.